The molecule has 0 spiro atoms. The van der Waals surface area contributed by atoms with Crippen molar-refractivity contribution in [3.8, 4) is 0 Å². The first-order chi connectivity index (χ1) is 7.04. The first kappa shape index (κ1) is 11.5. The Morgan fingerprint density at radius 2 is 2.27 bits per heavy atom. The molecular weight excluding hydrogens is 220 g/mol. The molecule has 0 aromatic carbocycles. The van der Waals surface area contributed by atoms with Crippen molar-refractivity contribution in [2.45, 2.75) is 13.8 Å². The van der Waals surface area contributed by atoms with E-state index in [-0.39, 0.29) is 11.3 Å². The molecule has 82 valence electrons. The molecule has 0 atom stereocenters. The molecular formula is C7H11ClN6O. The minimum atomic E-state index is -0.256. The minimum Gasteiger partial charge on any atom is -0.367 e. The van der Waals surface area contributed by atoms with Crippen molar-refractivity contribution in [2.75, 3.05) is 0 Å². The summed E-state index contributed by atoms with van der Waals surface area (Å²) in [5.74, 6) is -0.256. The molecule has 1 aromatic heterocycles. The zero-order valence-electron chi connectivity index (χ0n) is 8.27. The third-order valence-electron chi connectivity index (χ3n) is 1.69. The highest BCUT2D eigenvalue weighted by Crippen LogP contribution is 2.04. The fourth-order valence-electron chi connectivity index (χ4n) is 0.804. The molecule has 1 aromatic rings. The van der Waals surface area contributed by atoms with Gasteiger partial charge in [0.2, 0.25) is 11.3 Å². The molecule has 1 heterocycles. The largest absolute Gasteiger partial charge is 0.367 e. The lowest BCUT2D eigenvalue weighted by atomic mass is 10.3. The van der Waals surface area contributed by atoms with E-state index >= 15 is 0 Å². The summed E-state index contributed by atoms with van der Waals surface area (Å²) in [5, 5.41) is 19.4. The predicted octanol–water partition coefficient (Wildman–Crippen LogP) is 0.151. The van der Waals surface area contributed by atoms with E-state index in [1.807, 2.05) is 13.8 Å². The van der Waals surface area contributed by atoms with Crippen molar-refractivity contribution >= 4 is 22.9 Å². The van der Waals surface area contributed by atoms with Gasteiger partial charge in [0.25, 0.3) is 0 Å². The lowest BCUT2D eigenvalue weighted by molar-refractivity contribution is 0.232. The summed E-state index contributed by atoms with van der Waals surface area (Å²) in [4.78, 5) is 0. The molecule has 1 rings (SSSR count). The Balaban J connectivity index is 2.89. The Morgan fingerprint density at radius 1 is 1.60 bits per heavy atom. The van der Waals surface area contributed by atoms with Crippen LogP contribution in [0.2, 0.25) is 0 Å². The maximum absolute atomic E-state index is 8.33. The molecule has 0 bridgehead atoms. The lowest BCUT2D eigenvalue weighted by Gasteiger charge is -1.95. The molecule has 0 saturated heterocycles. The number of guanidine groups is 1. The second-order valence-corrected chi connectivity index (χ2v) is 3.15. The van der Waals surface area contributed by atoms with Crippen molar-refractivity contribution in [2.24, 2.45) is 15.9 Å². The molecule has 0 radical (unpaired) electrons. The quantitative estimate of drug-likeness (QED) is 0.363. The van der Waals surface area contributed by atoms with Crippen LogP contribution in [0.4, 0.5) is 0 Å². The number of aryl methyl sites for hydroxylation is 2. The van der Waals surface area contributed by atoms with Gasteiger partial charge < -0.3 is 5.73 Å². The zero-order valence-corrected chi connectivity index (χ0v) is 9.02. The molecule has 0 aliphatic heterocycles. The van der Waals surface area contributed by atoms with E-state index < -0.39 is 0 Å². The first-order valence-corrected chi connectivity index (χ1v) is 4.42. The molecule has 0 fully saturated rings. The van der Waals surface area contributed by atoms with E-state index in [1.165, 1.54) is 4.68 Å². The van der Waals surface area contributed by atoms with Gasteiger partial charge in [0, 0.05) is 6.20 Å². The van der Waals surface area contributed by atoms with Gasteiger partial charge >= 0.3 is 0 Å². The molecule has 0 aliphatic rings. The smallest absolute Gasteiger partial charge is 0.244 e. The van der Waals surface area contributed by atoms with Crippen LogP contribution in [0.15, 0.2) is 16.4 Å². The van der Waals surface area contributed by atoms with Crippen LogP contribution in [0.5, 0.6) is 0 Å². The summed E-state index contributed by atoms with van der Waals surface area (Å²) >= 11 is 5.77. The Labute approximate surface area is 91.2 Å². The van der Waals surface area contributed by atoms with Gasteiger partial charge in [0.15, 0.2) is 0 Å². The van der Waals surface area contributed by atoms with Crippen LogP contribution in [0.1, 0.15) is 11.3 Å². The van der Waals surface area contributed by atoms with E-state index in [2.05, 4.69) is 15.3 Å². The normalized spacial score (nSPS) is 13.1. The number of rotatable bonds is 1. The Morgan fingerprint density at radius 3 is 2.73 bits per heavy atom. The standard InChI is InChI=1S/C7H11ClN6O/c1-4-3-14(12-5(4)2)6(8)10-11-7(9)13-15/h3,15H,1-2H3,(H3,9,11,13)/b10-6+. The Kier molecular flexibility index (Phi) is 3.64. The molecule has 0 amide bonds. The third kappa shape index (κ3) is 2.93. The van der Waals surface area contributed by atoms with E-state index in [4.69, 9.17) is 22.5 Å². The summed E-state index contributed by atoms with van der Waals surface area (Å²) < 4.78 is 1.36. The van der Waals surface area contributed by atoms with Crippen LogP contribution in [-0.4, -0.2) is 26.2 Å². The van der Waals surface area contributed by atoms with Gasteiger partial charge in [0.1, 0.15) is 0 Å². The molecule has 4 N–H and O–H groups in total. The number of aromatic nitrogens is 2. The molecule has 0 aliphatic carbocycles. The summed E-state index contributed by atoms with van der Waals surface area (Å²) in [5.41, 5.74) is 8.58. The average molecular weight is 231 g/mol. The van der Waals surface area contributed by atoms with Crippen LogP contribution in [-0.2, 0) is 0 Å². The molecule has 15 heavy (non-hydrogen) atoms. The highest BCUT2D eigenvalue weighted by molar-refractivity contribution is 6.65. The van der Waals surface area contributed by atoms with Crippen molar-refractivity contribution in [1.29, 1.82) is 0 Å². The van der Waals surface area contributed by atoms with Gasteiger partial charge in [-0.05, 0) is 31.0 Å². The molecule has 8 heteroatoms. The highest BCUT2D eigenvalue weighted by Gasteiger charge is 2.03. The second kappa shape index (κ2) is 4.76. The molecule has 0 unspecified atom stereocenters. The van der Waals surface area contributed by atoms with Crippen LogP contribution in [0.3, 0.4) is 0 Å². The van der Waals surface area contributed by atoms with E-state index in [0.29, 0.717) is 0 Å². The maximum Gasteiger partial charge on any atom is 0.244 e. The highest BCUT2D eigenvalue weighted by atomic mass is 35.5. The fraction of sp³-hybridized carbons (Fsp3) is 0.286. The van der Waals surface area contributed by atoms with Crippen molar-refractivity contribution < 1.29 is 5.21 Å². The monoisotopic (exact) mass is 230 g/mol. The summed E-state index contributed by atoms with van der Waals surface area (Å²) in [6.07, 6.45) is 1.71. The van der Waals surface area contributed by atoms with Gasteiger partial charge in [-0.25, -0.2) is 10.2 Å². The number of nitrogens with one attached hydrogen (secondary N) is 1. The van der Waals surface area contributed by atoms with Crippen LogP contribution in [0.25, 0.3) is 0 Å². The van der Waals surface area contributed by atoms with Gasteiger partial charge in [-0.15, -0.1) is 10.2 Å². The number of nitrogens with two attached hydrogens (primary N) is 1. The maximum atomic E-state index is 8.33. The van der Waals surface area contributed by atoms with Crippen molar-refractivity contribution in [1.82, 2.24) is 15.3 Å². The molecule has 7 nitrogen and oxygen atoms in total. The Hall–Kier alpha value is -1.60. The second-order valence-electron chi connectivity index (χ2n) is 2.81. The van der Waals surface area contributed by atoms with Crippen LogP contribution < -0.4 is 11.2 Å². The number of hydroxylamine groups is 1. The third-order valence-corrected chi connectivity index (χ3v) is 1.94. The van der Waals surface area contributed by atoms with Crippen LogP contribution >= 0.6 is 11.6 Å². The zero-order chi connectivity index (χ0) is 11.4. The summed E-state index contributed by atoms with van der Waals surface area (Å²) in [6, 6.07) is 0. The SMILES string of the molecule is Cc1cn(/C(Cl)=N/N=C(\N)NO)nc1C. The lowest BCUT2D eigenvalue weighted by Crippen LogP contribution is -2.27. The molecule has 0 saturated carbocycles. The van der Waals surface area contributed by atoms with Gasteiger partial charge in [-0.3, -0.25) is 5.21 Å². The number of hydrogen-bond donors (Lipinski definition) is 3. The number of halogens is 1. The number of nitrogens with zero attached hydrogens (tertiary/aromatic N) is 4. The van der Waals surface area contributed by atoms with E-state index in [9.17, 15) is 0 Å². The Bertz CT molecular complexity index is 390. The summed E-state index contributed by atoms with van der Waals surface area (Å²) in [6.45, 7) is 3.75. The van der Waals surface area contributed by atoms with E-state index in [0.717, 1.165) is 11.3 Å². The van der Waals surface area contributed by atoms with Crippen LogP contribution in [0, 0.1) is 13.8 Å². The topological polar surface area (TPSA) is 101 Å². The van der Waals surface area contributed by atoms with Gasteiger partial charge in [-0.2, -0.15) is 5.10 Å². The fourth-order valence-corrected chi connectivity index (χ4v) is 0.928. The van der Waals surface area contributed by atoms with Crippen molar-refractivity contribution in [3.05, 3.63) is 17.5 Å². The van der Waals surface area contributed by atoms with E-state index in [1.54, 1.807) is 11.7 Å². The number of hydrogen-bond acceptors (Lipinski definition) is 4. The first-order valence-electron chi connectivity index (χ1n) is 4.04. The predicted molar refractivity (Wildman–Crippen MR) is 56.9 cm³/mol. The summed E-state index contributed by atoms with van der Waals surface area (Å²) in [7, 11) is 0. The van der Waals surface area contributed by atoms with Crippen molar-refractivity contribution in [3.63, 3.8) is 0 Å². The van der Waals surface area contributed by atoms with Gasteiger partial charge in [-0.1, -0.05) is 0 Å². The minimum absolute atomic E-state index is 0.0319. The average Bonchev–Trinajstić information content (AvgIpc) is 2.55. The van der Waals surface area contributed by atoms with Gasteiger partial charge in [0.05, 0.1) is 5.69 Å².